The predicted octanol–water partition coefficient (Wildman–Crippen LogP) is 2.13. The van der Waals surface area contributed by atoms with Gasteiger partial charge in [-0.2, -0.15) is 0 Å². The second-order valence-corrected chi connectivity index (χ2v) is 4.89. The number of ether oxygens (including phenoxy) is 1. The van der Waals surface area contributed by atoms with Crippen molar-refractivity contribution in [3.8, 4) is 5.75 Å². The van der Waals surface area contributed by atoms with Crippen LogP contribution in [-0.2, 0) is 4.79 Å². The summed E-state index contributed by atoms with van der Waals surface area (Å²) in [4.78, 5) is 22.8. The van der Waals surface area contributed by atoms with Crippen LogP contribution in [0.1, 0.15) is 35.9 Å². The summed E-state index contributed by atoms with van der Waals surface area (Å²) in [6.45, 7) is 1.86. The molecule has 0 spiro atoms. The highest BCUT2D eigenvalue weighted by Gasteiger charge is 2.15. The van der Waals surface area contributed by atoms with Gasteiger partial charge in [0.05, 0.1) is 7.11 Å². The summed E-state index contributed by atoms with van der Waals surface area (Å²) in [5.74, 6) is -0.423. The number of hydrogen-bond acceptors (Lipinski definition) is 4. The van der Waals surface area contributed by atoms with Crippen molar-refractivity contribution in [2.24, 2.45) is 0 Å². The average Bonchev–Trinajstić information content (AvgIpc) is 2.76. The largest absolute Gasteiger partial charge is 0.495 e. The molecule has 0 aliphatic rings. The Morgan fingerprint density at radius 3 is 2.89 bits per heavy atom. The smallest absolute Gasteiger partial charge is 0.303 e. The van der Waals surface area contributed by atoms with Crippen LogP contribution < -0.4 is 10.1 Å². The van der Waals surface area contributed by atoms with Crippen molar-refractivity contribution in [3.05, 3.63) is 16.3 Å². The van der Waals surface area contributed by atoms with Crippen molar-refractivity contribution >= 4 is 23.2 Å². The fourth-order valence-corrected chi connectivity index (χ4v) is 2.31. The molecule has 0 radical (unpaired) electrons. The zero-order chi connectivity index (χ0) is 13.5. The number of methoxy groups -OCH3 is 1. The number of thiophene rings is 1. The molecule has 1 aromatic heterocycles. The number of carboxylic acid groups (broad SMARTS) is 1. The lowest BCUT2D eigenvalue weighted by Gasteiger charge is -2.13. The molecule has 1 atom stereocenters. The van der Waals surface area contributed by atoms with Gasteiger partial charge in [-0.05, 0) is 31.2 Å². The van der Waals surface area contributed by atoms with E-state index in [0.717, 1.165) is 0 Å². The minimum absolute atomic E-state index is 0.0522. The SMILES string of the molecule is COc1ccsc1C(=O)NC(C)CCCC(=O)O. The molecule has 0 aliphatic heterocycles. The van der Waals surface area contributed by atoms with Crippen LogP contribution >= 0.6 is 11.3 Å². The molecule has 0 aliphatic carbocycles. The summed E-state index contributed by atoms with van der Waals surface area (Å²) in [6, 6.07) is 1.69. The number of nitrogens with one attached hydrogen (secondary N) is 1. The lowest BCUT2D eigenvalue weighted by atomic mass is 10.1. The first-order valence-electron chi connectivity index (χ1n) is 5.68. The fraction of sp³-hybridized carbons (Fsp3) is 0.500. The van der Waals surface area contributed by atoms with E-state index >= 15 is 0 Å². The quantitative estimate of drug-likeness (QED) is 0.796. The Morgan fingerprint density at radius 2 is 2.28 bits per heavy atom. The van der Waals surface area contributed by atoms with Gasteiger partial charge < -0.3 is 15.2 Å². The molecule has 1 unspecified atom stereocenters. The molecule has 1 aromatic rings. The van der Waals surface area contributed by atoms with Crippen molar-refractivity contribution in [1.29, 1.82) is 0 Å². The third kappa shape index (κ3) is 4.37. The van der Waals surface area contributed by atoms with Gasteiger partial charge in [-0.1, -0.05) is 0 Å². The van der Waals surface area contributed by atoms with Gasteiger partial charge in [0, 0.05) is 12.5 Å². The Balaban J connectivity index is 2.42. The molecule has 0 bridgehead atoms. The van der Waals surface area contributed by atoms with Gasteiger partial charge in [-0.25, -0.2) is 0 Å². The maximum atomic E-state index is 11.9. The molecule has 6 heteroatoms. The zero-order valence-electron chi connectivity index (χ0n) is 10.4. The van der Waals surface area contributed by atoms with Gasteiger partial charge in [0.1, 0.15) is 10.6 Å². The van der Waals surface area contributed by atoms with Crippen LogP contribution in [0.2, 0.25) is 0 Å². The summed E-state index contributed by atoms with van der Waals surface area (Å²) in [5, 5.41) is 13.1. The van der Waals surface area contributed by atoms with Crippen LogP contribution in [0.25, 0.3) is 0 Å². The van der Waals surface area contributed by atoms with Gasteiger partial charge in [-0.3, -0.25) is 9.59 Å². The lowest BCUT2D eigenvalue weighted by molar-refractivity contribution is -0.137. The molecule has 0 saturated carbocycles. The summed E-state index contributed by atoms with van der Waals surface area (Å²) < 4.78 is 5.07. The van der Waals surface area contributed by atoms with Crippen molar-refractivity contribution in [1.82, 2.24) is 5.32 Å². The van der Waals surface area contributed by atoms with Crippen molar-refractivity contribution in [2.45, 2.75) is 32.2 Å². The number of amides is 1. The molecule has 0 aromatic carbocycles. The molecule has 5 nitrogen and oxygen atoms in total. The van der Waals surface area contributed by atoms with Crippen LogP contribution in [0.4, 0.5) is 0 Å². The van der Waals surface area contributed by atoms with Crippen molar-refractivity contribution < 1.29 is 19.4 Å². The average molecular weight is 271 g/mol. The molecule has 1 heterocycles. The number of carbonyl (C=O) groups is 2. The fourth-order valence-electron chi connectivity index (χ4n) is 1.54. The highest BCUT2D eigenvalue weighted by Crippen LogP contribution is 2.24. The van der Waals surface area contributed by atoms with Crippen LogP contribution in [-0.4, -0.2) is 30.1 Å². The summed E-state index contributed by atoms with van der Waals surface area (Å²) in [5.41, 5.74) is 0. The van der Waals surface area contributed by atoms with E-state index < -0.39 is 5.97 Å². The van der Waals surface area contributed by atoms with Gasteiger partial charge in [0.2, 0.25) is 0 Å². The van der Waals surface area contributed by atoms with E-state index in [-0.39, 0.29) is 18.4 Å². The Kier molecular flexibility index (Phi) is 5.64. The number of carboxylic acids is 1. The minimum atomic E-state index is -0.812. The summed E-state index contributed by atoms with van der Waals surface area (Å²) >= 11 is 1.32. The van der Waals surface area contributed by atoms with E-state index in [2.05, 4.69) is 5.32 Å². The molecule has 1 rings (SSSR count). The van der Waals surface area contributed by atoms with E-state index in [1.807, 2.05) is 6.92 Å². The number of rotatable bonds is 7. The number of aliphatic carboxylic acids is 1. The highest BCUT2D eigenvalue weighted by molar-refractivity contribution is 7.12. The van der Waals surface area contributed by atoms with E-state index in [1.54, 1.807) is 11.4 Å². The van der Waals surface area contributed by atoms with Gasteiger partial charge >= 0.3 is 5.97 Å². The van der Waals surface area contributed by atoms with Gasteiger partial charge in [0.15, 0.2) is 0 Å². The number of carbonyl (C=O) groups excluding carboxylic acids is 1. The zero-order valence-corrected chi connectivity index (χ0v) is 11.3. The Bertz CT molecular complexity index is 416. The Hall–Kier alpha value is -1.56. The second kappa shape index (κ2) is 7.00. The topological polar surface area (TPSA) is 75.6 Å². The molecular weight excluding hydrogens is 254 g/mol. The Labute approximate surface area is 110 Å². The van der Waals surface area contributed by atoms with Crippen LogP contribution in [0, 0.1) is 0 Å². The predicted molar refractivity (Wildman–Crippen MR) is 69.3 cm³/mol. The van der Waals surface area contributed by atoms with E-state index in [9.17, 15) is 9.59 Å². The standard InChI is InChI=1S/C12H17NO4S/c1-8(4-3-5-10(14)15)13-12(16)11-9(17-2)6-7-18-11/h6-8H,3-5H2,1-2H3,(H,13,16)(H,14,15). The van der Waals surface area contributed by atoms with Crippen LogP contribution in [0.3, 0.4) is 0 Å². The van der Waals surface area contributed by atoms with Crippen LogP contribution in [0.5, 0.6) is 5.75 Å². The molecule has 100 valence electrons. The van der Waals surface area contributed by atoms with E-state index in [0.29, 0.717) is 23.5 Å². The maximum absolute atomic E-state index is 11.9. The number of hydrogen-bond donors (Lipinski definition) is 2. The highest BCUT2D eigenvalue weighted by atomic mass is 32.1. The first kappa shape index (κ1) is 14.5. The normalized spacial score (nSPS) is 11.9. The first-order chi connectivity index (χ1) is 8.54. The maximum Gasteiger partial charge on any atom is 0.303 e. The summed E-state index contributed by atoms with van der Waals surface area (Å²) in [6.07, 6.45) is 1.33. The minimum Gasteiger partial charge on any atom is -0.495 e. The molecule has 0 saturated heterocycles. The molecule has 1 amide bonds. The summed E-state index contributed by atoms with van der Waals surface area (Å²) in [7, 11) is 1.52. The van der Waals surface area contributed by atoms with Crippen LogP contribution in [0.15, 0.2) is 11.4 Å². The second-order valence-electron chi connectivity index (χ2n) is 3.98. The third-order valence-electron chi connectivity index (χ3n) is 2.46. The monoisotopic (exact) mass is 271 g/mol. The first-order valence-corrected chi connectivity index (χ1v) is 6.56. The van der Waals surface area contributed by atoms with Gasteiger partial charge in [0.25, 0.3) is 5.91 Å². The van der Waals surface area contributed by atoms with E-state index in [4.69, 9.17) is 9.84 Å². The molecule has 0 fully saturated rings. The lowest BCUT2D eigenvalue weighted by Crippen LogP contribution is -2.32. The Morgan fingerprint density at radius 1 is 1.56 bits per heavy atom. The third-order valence-corrected chi connectivity index (χ3v) is 3.35. The van der Waals surface area contributed by atoms with Crippen molar-refractivity contribution in [2.75, 3.05) is 7.11 Å². The van der Waals surface area contributed by atoms with E-state index in [1.165, 1.54) is 18.4 Å². The van der Waals surface area contributed by atoms with Gasteiger partial charge in [-0.15, -0.1) is 11.3 Å². The van der Waals surface area contributed by atoms with Crippen molar-refractivity contribution in [3.63, 3.8) is 0 Å². The molecule has 2 N–H and O–H groups in total. The molecular formula is C12H17NO4S. The molecule has 18 heavy (non-hydrogen) atoms.